The van der Waals surface area contributed by atoms with E-state index >= 15 is 0 Å². The molecule has 0 unspecified atom stereocenters. The number of sulfonamides is 1. The van der Waals surface area contributed by atoms with Crippen molar-refractivity contribution in [1.82, 2.24) is 4.72 Å². The molecule has 0 aliphatic heterocycles. The van der Waals surface area contributed by atoms with E-state index in [0.29, 0.717) is 6.42 Å². The number of hydrogen-bond donors (Lipinski definition) is 1. The SMILES string of the molecule is C#CCc1ccc(-c2ccc(S(=O)(=O)NC(C)C)cc2)cc1. The molecular formula is C18H19NO2S. The highest BCUT2D eigenvalue weighted by atomic mass is 32.2. The molecule has 0 aliphatic carbocycles. The highest BCUT2D eigenvalue weighted by molar-refractivity contribution is 7.89. The summed E-state index contributed by atoms with van der Waals surface area (Å²) in [5.74, 6) is 2.61. The van der Waals surface area contributed by atoms with Crippen LogP contribution in [0.25, 0.3) is 11.1 Å². The van der Waals surface area contributed by atoms with Gasteiger partial charge in [-0.2, -0.15) is 0 Å². The van der Waals surface area contributed by atoms with Gasteiger partial charge < -0.3 is 0 Å². The fourth-order valence-electron chi connectivity index (χ4n) is 2.14. The standard InChI is InChI=1S/C18H19NO2S/c1-4-5-15-6-8-16(9-7-15)17-10-12-18(13-11-17)22(20,21)19-14(2)3/h1,6-14,19H,5H2,2-3H3. The molecule has 0 saturated heterocycles. The highest BCUT2D eigenvalue weighted by Crippen LogP contribution is 2.22. The van der Waals surface area contributed by atoms with Gasteiger partial charge in [0, 0.05) is 12.5 Å². The molecule has 2 aromatic carbocycles. The molecule has 0 saturated carbocycles. The summed E-state index contributed by atoms with van der Waals surface area (Å²) in [5.41, 5.74) is 3.09. The van der Waals surface area contributed by atoms with Gasteiger partial charge in [0.1, 0.15) is 0 Å². The van der Waals surface area contributed by atoms with Gasteiger partial charge in [0.2, 0.25) is 10.0 Å². The van der Waals surface area contributed by atoms with Gasteiger partial charge in [-0.15, -0.1) is 12.3 Å². The Morgan fingerprint density at radius 3 is 1.95 bits per heavy atom. The van der Waals surface area contributed by atoms with Crippen molar-refractivity contribution >= 4 is 10.0 Å². The molecule has 114 valence electrons. The van der Waals surface area contributed by atoms with E-state index in [2.05, 4.69) is 10.6 Å². The molecule has 0 bridgehead atoms. The molecule has 0 heterocycles. The first-order valence-electron chi connectivity index (χ1n) is 7.07. The van der Waals surface area contributed by atoms with Crippen LogP contribution in [0.4, 0.5) is 0 Å². The minimum atomic E-state index is -3.44. The summed E-state index contributed by atoms with van der Waals surface area (Å²) in [6.45, 7) is 3.59. The van der Waals surface area contributed by atoms with Crippen molar-refractivity contribution in [2.75, 3.05) is 0 Å². The molecule has 0 fully saturated rings. The lowest BCUT2D eigenvalue weighted by atomic mass is 10.0. The van der Waals surface area contributed by atoms with Crippen LogP contribution in [0.2, 0.25) is 0 Å². The topological polar surface area (TPSA) is 46.2 Å². The maximum atomic E-state index is 12.1. The van der Waals surface area contributed by atoms with E-state index in [-0.39, 0.29) is 10.9 Å². The van der Waals surface area contributed by atoms with Crippen molar-refractivity contribution in [3.8, 4) is 23.5 Å². The quantitative estimate of drug-likeness (QED) is 0.862. The number of benzene rings is 2. The molecule has 2 aromatic rings. The van der Waals surface area contributed by atoms with Crippen LogP contribution >= 0.6 is 0 Å². The van der Waals surface area contributed by atoms with E-state index in [9.17, 15) is 8.42 Å². The molecule has 0 spiro atoms. The number of hydrogen-bond acceptors (Lipinski definition) is 2. The lowest BCUT2D eigenvalue weighted by Gasteiger charge is -2.10. The largest absolute Gasteiger partial charge is 0.240 e. The Hall–Kier alpha value is -2.09. The first-order valence-corrected chi connectivity index (χ1v) is 8.56. The average Bonchev–Trinajstić information content (AvgIpc) is 2.47. The van der Waals surface area contributed by atoms with Gasteiger partial charge >= 0.3 is 0 Å². The number of rotatable bonds is 5. The Labute approximate surface area is 132 Å². The Morgan fingerprint density at radius 2 is 1.50 bits per heavy atom. The van der Waals surface area contributed by atoms with E-state index in [1.807, 2.05) is 36.4 Å². The lowest BCUT2D eigenvalue weighted by molar-refractivity contribution is 0.570. The summed E-state index contributed by atoms with van der Waals surface area (Å²) in [7, 11) is -3.44. The van der Waals surface area contributed by atoms with E-state index in [4.69, 9.17) is 6.42 Å². The van der Waals surface area contributed by atoms with Gasteiger partial charge in [0.25, 0.3) is 0 Å². The van der Waals surface area contributed by atoms with Crippen LogP contribution in [-0.4, -0.2) is 14.5 Å². The van der Waals surface area contributed by atoms with Crippen LogP contribution in [-0.2, 0) is 16.4 Å². The molecule has 22 heavy (non-hydrogen) atoms. The summed E-state index contributed by atoms with van der Waals surface area (Å²) in [5, 5.41) is 0. The summed E-state index contributed by atoms with van der Waals surface area (Å²) in [6.07, 6.45) is 5.90. The highest BCUT2D eigenvalue weighted by Gasteiger charge is 2.14. The summed E-state index contributed by atoms with van der Waals surface area (Å²) in [4.78, 5) is 0.272. The van der Waals surface area contributed by atoms with Gasteiger partial charge in [-0.1, -0.05) is 36.4 Å². The molecule has 1 N–H and O–H groups in total. The summed E-state index contributed by atoms with van der Waals surface area (Å²) < 4.78 is 26.7. The van der Waals surface area contributed by atoms with Gasteiger partial charge in [0.05, 0.1) is 4.90 Å². The van der Waals surface area contributed by atoms with Crippen molar-refractivity contribution < 1.29 is 8.42 Å². The molecule has 3 nitrogen and oxygen atoms in total. The van der Waals surface area contributed by atoms with E-state index in [1.54, 1.807) is 26.0 Å². The van der Waals surface area contributed by atoms with Crippen LogP contribution in [0.1, 0.15) is 19.4 Å². The van der Waals surface area contributed by atoms with Crippen molar-refractivity contribution in [2.45, 2.75) is 31.2 Å². The van der Waals surface area contributed by atoms with Crippen LogP contribution in [0.3, 0.4) is 0 Å². The molecule has 4 heteroatoms. The minimum Gasteiger partial charge on any atom is -0.209 e. The summed E-state index contributed by atoms with van der Waals surface area (Å²) in [6, 6.07) is 14.7. The maximum absolute atomic E-state index is 12.1. The van der Waals surface area contributed by atoms with E-state index in [0.717, 1.165) is 16.7 Å². The van der Waals surface area contributed by atoms with Crippen LogP contribution in [0, 0.1) is 12.3 Å². The third kappa shape index (κ3) is 3.97. The third-order valence-corrected chi connectivity index (χ3v) is 4.82. The maximum Gasteiger partial charge on any atom is 0.240 e. The van der Waals surface area contributed by atoms with Gasteiger partial charge in [0.15, 0.2) is 0 Å². The first kappa shape index (κ1) is 16.3. The second kappa shape index (κ2) is 6.78. The van der Waals surface area contributed by atoms with Gasteiger partial charge in [-0.25, -0.2) is 13.1 Å². The zero-order chi connectivity index (χ0) is 16.2. The predicted molar refractivity (Wildman–Crippen MR) is 89.9 cm³/mol. The van der Waals surface area contributed by atoms with Gasteiger partial charge in [-0.3, -0.25) is 0 Å². The molecule has 0 atom stereocenters. The van der Waals surface area contributed by atoms with E-state index in [1.165, 1.54) is 0 Å². The Kier molecular flexibility index (Phi) is 5.02. The van der Waals surface area contributed by atoms with Crippen LogP contribution in [0.15, 0.2) is 53.4 Å². The van der Waals surface area contributed by atoms with Crippen molar-refractivity contribution in [3.63, 3.8) is 0 Å². The molecular weight excluding hydrogens is 294 g/mol. The Balaban J connectivity index is 2.24. The van der Waals surface area contributed by atoms with E-state index < -0.39 is 10.0 Å². The smallest absolute Gasteiger partial charge is 0.209 e. The monoisotopic (exact) mass is 313 g/mol. The molecule has 0 amide bonds. The summed E-state index contributed by atoms with van der Waals surface area (Å²) >= 11 is 0. The number of terminal acetylenes is 1. The third-order valence-electron chi connectivity index (χ3n) is 3.15. The van der Waals surface area contributed by atoms with Crippen LogP contribution < -0.4 is 4.72 Å². The molecule has 0 radical (unpaired) electrons. The average molecular weight is 313 g/mol. The fraction of sp³-hybridized carbons (Fsp3) is 0.222. The number of nitrogens with one attached hydrogen (secondary N) is 1. The second-order valence-corrected chi connectivity index (χ2v) is 7.09. The zero-order valence-electron chi connectivity index (χ0n) is 12.7. The second-order valence-electron chi connectivity index (χ2n) is 5.38. The first-order chi connectivity index (χ1) is 10.4. The normalized spacial score (nSPS) is 11.4. The molecule has 0 aromatic heterocycles. The Bertz CT molecular complexity index is 767. The zero-order valence-corrected chi connectivity index (χ0v) is 13.5. The van der Waals surface area contributed by atoms with Crippen molar-refractivity contribution in [1.29, 1.82) is 0 Å². The fourth-order valence-corrected chi connectivity index (χ4v) is 3.39. The van der Waals surface area contributed by atoms with Crippen molar-refractivity contribution in [2.24, 2.45) is 0 Å². The predicted octanol–water partition coefficient (Wildman–Crippen LogP) is 3.22. The minimum absolute atomic E-state index is 0.131. The Morgan fingerprint density at radius 1 is 1.00 bits per heavy atom. The lowest BCUT2D eigenvalue weighted by Crippen LogP contribution is -2.30. The van der Waals surface area contributed by atoms with Gasteiger partial charge in [-0.05, 0) is 42.7 Å². The van der Waals surface area contributed by atoms with Crippen molar-refractivity contribution in [3.05, 3.63) is 54.1 Å². The molecule has 0 aliphatic rings. The van der Waals surface area contributed by atoms with Crippen LogP contribution in [0.5, 0.6) is 0 Å². The molecule has 2 rings (SSSR count).